The van der Waals surface area contributed by atoms with Crippen LogP contribution in [0.3, 0.4) is 0 Å². The highest BCUT2D eigenvalue weighted by Crippen LogP contribution is 2.25. The third-order valence-electron chi connectivity index (χ3n) is 4.91. The zero-order chi connectivity index (χ0) is 22.7. The van der Waals surface area contributed by atoms with Crippen molar-refractivity contribution in [2.45, 2.75) is 18.1 Å². The number of hydrogen-bond donors (Lipinski definition) is 1. The van der Waals surface area contributed by atoms with E-state index < -0.39 is 6.04 Å². The number of hydrogen-bond acceptors (Lipinski definition) is 5. The Hall–Kier alpha value is -3.17. The van der Waals surface area contributed by atoms with Crippen LogP contribution in [0.15, 0.2) is 66.3 Å². The van der Waals surface area contributed by atoms with Crippen LogP contribution in [0.25, 0.3) is 5.69 Å². The first-order chi connectivity index (χ1) is 15.4. The quantitative estimate of drug-likeness (QED) is 0.411. The molecule has 1 atom stereocenters. The molecule has 1 N–H and O–H groups in total. The van der Waals surface area contributed by atoms with Crippen molar-refractivity contribution in [3.63, 3.8) is 0 Å². The van der Waals surface area contributed by atoms with Crippen LogP contribution in [-0.2, 0) is 11.8 Å². The zero-order valence-electron chi connectivity index (χ0n) is 17.4. The van der Waals surface area contributed by atoms with E-state index in [0.29, 0.717) is 16.0 Å². The Balaban J connectivity index is 1.49. The highest BCUT2D eigenvalue weighted by molar-refractivity contribution is 7.99. The van der Waals surface area contributed by atoms with Gasteiger partial charge in [0, 0.05) is 24.5 Å². The van der Waals surface area contributed by atoms with Gasteiger partial charge in [-0.3, -0.25) is 9.36 Å². The molecular formula is C22H20ClFN6OS. The van der Waals surface area contributed by atoms with Gasteiger partial charge in [0.05, 0.1) is 11.4 Å². The fraction of sp³-hybridized carbons (Fsp3) is 0.182. The molecule has 10 heteroatoms. The predicted molar refractivity (Wildman–Crippen MR) is 121 cm³/mol. The molecule has 0 spiro atoms. The Kier molecular flexibility index (Phi) is 6.57. The van der Waals surface area contributed by atoms with E-state index in [4.69, 9.17) is 11.6 Å². The van der Waals surface area contributed by atoms with E-state index in [-0.39, 0.29) is 17.5 Å². The van der Waals surface area contributed by atoms with Crippen LogP contribution in [0.2, 0.25) is 5.02 Å². The summed E-state index contributed by atoms with van der Waals surface area (Å²) in [5, 5.41) is 12.3. The van der Waals surface area contributed by atoms with Crippen LogP contribution in [0.1, 0.15) is 23.0 Å². The van der Waals surface area contributed by atoms with Gasteiger partial charge in [-0.15, -0.1) is 10.2 Å². The van der Waals surface area contributed by atoms with Gasteiger partial charge in [0.15, 0.2) is 5.16 Å². The fourth-order valence-corrected chi connectivity index (χ4v) is 4.09. The van der Waals surface area contributed by atoms with E-state index >= 15 is 0 Å². The van der Waals surface area contributed by atoms with Crippen molar-refractivity contribution in [1.29, 1.82) is 0 Å². The number of amides is 1. The monoisotopic (exact) mass is 470 g/mol. The molecule has 4 aromatic rings. The second-order valence-corrected chi connectivity index (χ2v) is 8.50. The lowest BCUT2D eigenvalue weighted by atomic mass is 10.1. The minimum absolute atomic E-state index is 0.112. The highest BCUT2D eigenvalue weighted by atomic mass is 35.5. The molecule has 0 aliphatic rings. The minimum Gasteiger partial charge on any atom is -0.341 e. The molecule has 0 bridgehead atoms. The first-order valence-corrected chi connectivity index (χ1v) is 11.1. The van der Waals surface area contributed by atoms with Crippen molar-refractivity contribution in [3.05, 3.63) is 89.0 Å². The summed E-state index contributed by atoms with van der Waals surface area (Å²) in [7, 11) is 1.84. The number of aryl methyl sites for hydroxylation is 2. The molecule has 0 fully saturated rings. The van der Waals surface area contributed by atoms with Crippen LogP contribution in [-0.4, -0.2) is 36.0 Å². The van der Waals surface area contributed by atoms with Crippen LogP contribution >= 0.6 is 23.4 Å². The minimum atomic E-state index is -0.516. The van der Waals surface area contributed by atoms with Crippen LogP contribution in [0.4, 0.5) is 4.39 Å². The summed E-state index contributed by atoms with van der Waals surface area (Å²) >= 11 is 7.50. The lowest BCUT2D eigenvalue weighted by molar-refractivity contribution is -0.119. The second-order valence-electron chi connectivity index (χ2n) is 7.15. The van der Waals surface area contributed by atoms with Crippen molar-refractivity contribution in [2.24, 2.45) is 7.05 Å². The molecule has 0 saturated heterocycles. The van der Waals surface area contributed by atoms with Crippen LogP contribution in [0, 0.1) is 12.7 Å². The zero-order valence-corrected chi connectivity index (χ0v) is 18.9. The van der Waals surface area contributed by atoms with Gasteiger partial charge in [-0.2, -0.15) is 0 Å². The SMILES string of the molecule is Cc1ccc(-n2cnnc2SCC(=O)NC(c2ccc(F)cc2)c2nccn2C)cc1Cl. The Morgan fingerprint density at radius 3 is 2.72 bits per heavy atom. The number of carbonyl (C=O) groups is 1. The molecule has 1 amide bonds. The Morgan fingerprint density at radius 1 is 1.25 bits per heavy atom. The molecule has 4 rings (SSSR count). The number of carbonyl (C=O) groups excluding carboxylic acids is 1. The summed E-state index contributed by atoms with van der Waals surface area (Å²) in [5.41, 5.74) is 2.51. The fourth-order valence-electron chi connectivity index (χ4n) is 3.17. The molecular weight excluding hydrogens is 451 g/mol. The van der Waals surface area contributed by atoms with Gasteiger partial charge < -0.3 is 9.88 Å². The number of halogens is 2. The summed E-state index contributed by atoms with van der Waals surface area (Å²) in [6.07, 6.45) is 5.03. The van der Waals surface area contributed by atoms with Crippen LogP contribution in [0.5, 0.6) is 0 Å². The van der Waals surface area contributed by atoms with E-state index in [1.807, 2.05) is 36.7 Å². The second kappa shape index (κ2) is 9.54. The number of imidazole rings is 1. The van der Waals surface area contributed by atoms with Crippen molar-refractivity contribution < 1.29 is 9.18 Å². The molecule has 7 nitrogen and oxygen atoms in total. The van der Waals surface area contributed by atoms with Crippen molar-refractivity contribution >= 4 is 29.3 Å². The summed E-state index contributed by atoms with van der Waals surface area (Å²) in [6, 6.07) is 11.1. The van der Waals surface area contributed by atoms with Gasteiger partial charge >= 0.3 is 0 Å². The molecule has 1 unspecified atom stereocenters. The molecule has 0 radical (unpaired) electrons. The lowest BCUT2D eigenvalue weighted by Crippen LogP contribution is -2.32. The third-order valence-corrected chi connectivity index (χ3v) is 6.26. The lowest BCUT2D eigenvalue weighted by Gasteiger charge is -2.19. The Bertz CT molecular complexity index is 1240. The summed E-state index contributed by atoms with van der Waals surface area (Å²) in [5.74, 6) is 0.196. The van der Waals surface area contributed by atoms with E-state index in [1.54, 1.807) is 35.4 Å². The van der Waals surface area contributed by atoms with Crippen molar-refractivity contribution in [2.75, 3.05) is 5.75 Å². The first-order valence-electron chi connectivity index (χ1n) is 9.74. The summed E-state index contributed by atoms with van der Waals surface area (Å²) in [4.78, 5) is 17.2. The maximum Gasteiger partial charge on any atom is 0.231 e. The standard InChI is InChI=1S/C22H20ClFN6OS/c1-14-3-8-17(11-18(14)23)30-13-26-28-22(30)32-12-19(31)27-20(21-25-9-10-29(21)2)15-4-6-16(24)7-5-15/h3-11,13,20H,12H2,1-2H3,(H,27,31). The number of aromatic nitrogens is 5. The van der Waals surface area contributed by atoms with Gasteiger partial charge in [0.2, 0.25) is 5.91 Å². The average molecular weight is 471 g/mol. The Labute approximate surface area is 193 Å². The number of thioether (sulfide) groups is 1. The average Bonchev–Trinajstić information content (AvgIpc) is 3.42. The van der Waals surface area contributed by atoms with Crippen molar-refractivity contribution in [1.82, 2.24) is 29.6 Å². The van der Waals surface area contributed by atoms with E-state index in [9.17, 15) is 9.18 Å². The predicted octanol–water partition coefficient (Wildman–Crippen LogP) is 4.10. The first kappa shape index (κ1) is 22.0. The molecule has 2 aromatic carbocycles. The van der Waals surface area contributed by atoms with Gasteiger partial charge in [-0.05, 0) is 42.3 Å². The molecule has 164 valence electrons. The maximum absolute atomic E-state index is 13.4. The van der Waals surface area contributed by atoms with E-state index in [1.165, 1.54) is 23.9 Å². The smallest absolute Gasteiger partial charge is 0.231 e. The normalized spacial score (nSPS) is 12.0. The summed E-state index contributed by atoms with van der Waals surface area (Å²) < 4.78 is 17.0. The Morgan fingerprint density at radius 2 is 2.03 bits per heavy atom. The van der Waals surface area contributed by atoms with Gasteiger partial charge in [0.1, 0.15) is 24.0 Å². The van der Waals surface area contributed by atoms with E-state index in [0.717, 1.165) is 16.8 Å². The largest absolute Gasteiger partial charge is 0.341 e. The number of nitrogens with zero attached hydrogens (tertiary/aromatic N) is 5. The number of benzene rings is 2. The highest BCUT2D eigenvalue weighted by Gasteiger charge is 2.21. The molecule has 0 aliphatic carbocycles. The molecule has 0 aliphatic heterocycles. The molecule has 0 saturated carbocycles. The van der Waals surface area contributed by atoms with Gasteiger partial charge in [0.25, 0.3) is 0 Å². The molecule has 32 heavy (non-hydrogen) atoms. The van der Waals surface area contributed by atoms with Gasteiger partial charge in [-0.25, -0.2) is 9.37 Å². The topological polar surface area (TPSA) is 77.6 Å². The summed E-state index contributed by atoms with van der Waals surface area (Å²) in [6.45, 7) is 1.93. The number of rotatable bonds is 7. The van der Waals surface area contributed by atoms with Crippen LogP contribution < -0.4 is 5.32 Å². The molecule has 2 aromatic heterocycles. The van der Waals surface area contributed by atoms with Gasteiger partial charge in [-0.1, -0.05) is 41.6 Å². The third kappa shape index (κ3) is 4.84. The molecule has 2 heterocycles. The number of nitrogens with one attached hydrogen (secondary N) is 1. The van der Waals surface area contributed by atoms with Crippen molar-refractivity contribution in [3.8, 4) is 5.69 Å². The van der Waals surface area contributed by atoms with E-state index in [2.05, 4.69) is 20.5 Å². The maximum atomic E-state index is 13.4.